The molecule has 0 radical (unpaired) electrons. The molecule has 0 aliphatic carbocycles. The van der Waals surface area contributed by atoms with Crippen molar-refractivity contribution in [1.29, 1.82) is 0 Å². The highest BCUT2D eigenvalue weighted by Gasteiger charge is 2.33. The van der Waals surface area contributed by atoms with E-state index in [1.54, 1.807) is 0 Å². The van der Waals surface area contributed by atoms with Crippen molar-refractivity contribution >= 4 is 0 Å². The highest BCUT2D eigenvalue weighted by Crippen LogP contribution is 2.31. The van der Waals surface area contributed by atoms with Gasteiger partial charge in [0.15, 0.2) is 0 Å². The van der Waals surface area contributed by atoms with Crippen LogP contribution in [0.5, 0.6) is 0 Å². The van der Waals surface area contributed by atoms with Crippen LogP contribution in [0.4, 0.5) is 17.6 Å². The number of alkyl halides is 3. The molecule has 1 rings (SSSR count). The van der Waals surface area contributed by atoms with Crippen molar-refractivity contribution in [3.63, 3.8) is 0 Å². The zero-order valence-electron chi connectivity index (χ0n) is 8.24. The lowest BCUT2D eigenvalue weighted by Crippen LogP contribution is -2.08. The van der Waals surface area contributed by atoms with E-state index in [1.807, 2.05) is 13.8 Å². The van der Waals surface area contributed by atoms with Crippen LogP contribution in [0.1, 0.15) is 25.0 Å². The molecule has 1 aromatic rings. The zero-order chi connectivity index (χ0) is 11.4. The van der Waals surface area contributed by atoms with Gasteiger partial charge in [-0.2, -0.15) is 13.2 Å². The van der Waals surface area contributed by atoms with E-state index in [2.05, 4.69) is 0 Å². The van der Waals surface area contributed by atoms with Crippen LogP contribution in [0.3, 0.4) is 0 Å². The molecule has 0 nitrogen and oxygen atoms in total. The van der Waals surface area contributed by atoms with Gasteiger partial charge in [-0.05, 0) is 19.1 Å². The van der Waals surface area contributed by atoms with Gasteiger partial charge in [-0.15, -0.1) is 0 Å². The van der Waals surface area contributed by atoms with Crippen LogP contribution in [-0.2, 0) is 6.18 Å². The number of benzene rings is 1. The minimum absolute atomic E-state index is 0.392. The summed E-state index contributed by atoms with van der Waals surface area (Å²) < 4.78 is 48.5. The molecule has 0 aromatic heterocycles. The Labute approximate surface area is 80.6 Å². The first-order chi connectivity index (χ1) is 6.41. The Morgan fingerprint density at radius 1 is 1.07 bits per heavy atom. The highest BCUT2D eigenvalue weighted by molar-refractivity contribution is 5.26. The van der Waals surface area contributed by atoms with Crippen LogP contribution in [0.2, 0.25) is 0 Å². The fourth-order valence-corrected chi connectivity index (χ4v) is 0.856. The van der Waals surface area contributed by atoms with Crippen molar-refractivity contribution in [3.05, 3.63) is 35.1 Å². The summed E-state index contributed by atoms with van der Waals surface area (Å²) in [6, 6.07) is 2.90. The molecule has 0 aliphatic heterocycles. The first kappa shape index (κ1) is 12.9. The summed E-state index contributed by atoms with van der Waals surface area (Å²) in [5.74, 6) is -1.23. The molecule has 4 heteroatoms. The Hall–Kier alpha value is -1.06. The minimum Gasteiger partial charge on any atom is -0.206 e. The maximum absolute atomic E-state index is 12.5. The quantitative estimate of drug-likeness (QED) is 0.561. The summed E-state index contributed by atoms with van der Waals surface area (Å²) in [4.78, 5) is 0. The van der Waals surface area contributed by atoms with Crippen molar-refractivity contribution in [1.82, 2.24) is 0 Å². The van der Waals surface area contributed by atoms with E-state index in [4.69, 9.17) is 0 Å². The maximum atomic E-state index is 12.5. The first-order valence-corrected chi connectivity index (χ1v) is 4.24. The molecular formula is C10H12F4. The van der Waals surface area contributed by atoms with Crippen LogP contribution >= 0.6 is 0 Å². The lowest BCUT2D eigenvalue weighted by molar-refractivity contribution is -0.140. The van der Waals surface area contributed by atoms with Crippen molar-refractivity contribution in [2.45, 2.75) is 26.9 Å². The van der Waals surface area contributed by atoms with E-state index in [-0.39, 0.29) is 0 Å². The third kappa shape index (κ3) is 3.36. The Kier molecular flexibility index (Phi) is 4.60. The van der Waals surface area contributed by atoms with Gasteiger partial charge >= 0.3 is 6.18 Å². The molecule has 0 bridgehead atoms. The molecule has 0 aliphatic rings. The van der Waals surface area contributed by atoms with Gasteiger partial charge in [0.25, 0.3) is 0 Å². The Balaban J connectivity index is 0.000000791. The number of aryl methyl sites for hydroxylation is 1. The summed E-state index contributed by atoms with van der Waals surface area (Å²) in [6.45, 7) is 5.48. The number of hydrogen-bond acceptors (Lipinski definition) is 0. The van der Waals surface area contributed by atoms with E-state index < -0.39 is 17.6 Å². The lowest BCUT2D eigenvalue weighted by Gasteiger charge is -2.07. The molecule has 0 spiro atoms. The first-order valence-electron chi connectivity index (χ1n) is 4.24. The standard InChI is InChI=1S/C8H6F4.C2H6/c1-5-2-3-7(9)6(4-5)8(10,11)12;1-2/h2-4H,1H3;1-2H3. The van der Waals surface area contributed by atoms with E-state index in [0.717, 1.165) is 12.1 Å². The molecular weight excluding hydrogens is 196 g/mol. The summed E-state index contributed by atoms with van der Waals surface area (Å²) in [5, 5.41) is 0. The van der Waals surface area contributed by atoms with Gasteiger partial charge in [0, 0.05) is 0 Å². The normalized spacial score (nSPS) is 10.5. The van der Waals surface area contributed by atoms with Crippen molar-refractivity contribution in [2.24, 2.45) is 0 Å². The largest absolute Gasteiger partial charge is 0.419 e. The summed E-state index contributed by atoms with van der Waals surface area (Å²) in [6.07, 6.45) is -4.60. The van der Waals surface area contributed by atoms with E-state index in [1.165, 1.54) is 13.0 Å². The SMILES string of the molecule is CC.Cc1ccc(F)c(C(F)(F)F)c1. The third-order valence-electron chi connectivity index (χ3n) is 1.43. The van der Waals surface area contributed by atoms with Crippen LogP contribution in [0.15, 0.2) is 18.2 Å². The Bertz CT molecular complexity index is 289. The van der Waals surface area contributed by atoms with Gasteiger partial charge < -0.3 is 0 Å². The second-order valence-corrected chi connectivity index (χ2v) is 2.48. The van der Waals surface area contributed by atoms with Crippen molar-refractivity contribution < 1.29 is 17.6 Å². The zero-order valence-corrected chi connectivity index (χ0v) is 8.24. The Morgan fingerprint density at radius 2 is 1.57 bits per heavy atom. The molecule has 0 saturated heterocycles. The lowest BCUT2D eigenvalue weighted by atomic mass is 10.1. The third-order valence-corrected chi connectivity index (χ3v) is 1.43. The fraction of sp³-hybridized carbons (Fsp3) is 0.400. The van der Waals surface area contributed by atoms with Crippen LogP contribution in [0.25, 0.3) is 0 Å². The van der Waals surface area contributed by atoms with Crippen LogP contribution in [-0.4, -0.2) is 0 Å². The Morgan fingerprint density at radius 3 is 1.93 bits per heavy atom. The average Bonchev–Trinajstić information content (AvgIpc) is 2.11. The molecule has 0 N–H and O–H groups in total. The smallest absolute Gasteiger partial charge is 0.206 e. The van der Waals surface area contributed by atoms with E-state index in [9.17, 15) is 17.6 Å². The monoisotopic (exact) mass is 208 g/mol. The molecule has 0 saturated carbocycles. The second-order valence-electron chi connectivity index (χ2n) is 2.48. The van der Waals surface area contributed by atoms with Gasteiger partial charge in [-0.1, -0.05) is 25.5 Å². The maximum Gasteiger partial charge on any atom is 0.419 e. The minimum atomic E-state index is -4.60. The molecule has 1 aromatic carbocycles. The summed E-state index contributed by atoms with van der Waals surface area (Å²) in [5.41, 5.74) is -0.814. The van der Waals surface area contributed by atoms with Gasteiger partial charge in [0.1, 0.15) is 5.82 Å². The summed E-state index contributed by atoms with van der Waals surface area (Å²) >= 11 is 0. The van der Waals surface area contributed by atoms with E-state index in [0.29, 0.717) is 5.56 Å². The number of hydrogen-bond donors (Lipinski definition) is 0. The molecule has 0 heterocycles. The molecule has 0 fully saturated rings. The van der Waals surface area contributed by atoms with Gasteiger partial charge in [0.05, 0.1) is 5.56 Å². The van der Waals surface area contributed by atoms with Gasteiger partial charge in [-0.25, -0.2) is 4.39 Å². The summed E-state index contributed by atoms with van der Waals surface area (Å²) in [7, 11) is 0. The number of halogens is 4. The highest BCUT2D eigenvalue weighted by atomic mass is 19.4. The molecule has 0 amide bonds. The fourth-order valence-electron chi connectivity index (χ4n) is 0.856. The predicted molar refractivity (Wildman–Crippen MR) is 47.5 cm³/mol. The average molecular weight is 208 g/mol. The van der Waals surface area contributed by atoms with Gasteiger partial charge in [0.2, 0.25) is 0 Å². The van der Waals surface area contributed by atoms with Crippen molar-refractivity contribution in [3.8, 4) is 0 Å². The molecule has 0 unspecified atom stereocenters. The molecule has 80 valence electrons. The van der Waals surface area contributed by atoms with Gasteiger partial charge in [-0.3, -0.25) is 0 Å². The molecule has 0 atom stereocenters. The van der Waals surface area contributed by atoms with E-state index >= 15 is 0 Å². The van der Waals surface area contributed by atoms with Crippen molar-refractivity contribution in [2.75, 3.05) is 0 Å². The second kappa shape index (κ2) is 4.98. The topological polar surface area (TPSA) is 0 Å². The predicted octanol–water partition coefficient (Wildman–Crippen LogP) is 4.18. The van der Waals surface area contributed by atoms with Crippen LogP contribution in [0, 0.1) is 12.7 Å². The number of rotatable bonds is 0. The molecule has 14 heavy (non-hydrogen) atoms. The van der Waals surface area contributed by atoms with Crippen LogP contribution < -0.4 is 0 Å².